The zero-order valence-electron chi connectivity index (χ0n) is 12.5. The van der Waals surface area contributed by atoms with E-state index in [9.17, 15) is 8.42 Å². The maximum Gasteiger partial charge on any atom is 0.248 e. The number of aryl methyl sites for hydroxylation is 2. The van der Waals surface area contributed by atoms with Crippen LogP contribution >= 0.6 is 11.6 Å². The fraction of sp³-hybridized carbons (Fsp3) is 0.357. The van der Waals surface area contributed by atoms with E-state index in [1.54, 1.807) is 38.1 Å². The molecular weight excluding hydrogens is 328 g/mol. The van der Waals surface area contributed by atoms with E-state index >= 15 is 0 Å². The summed E-state index contributed by atoms with van der Waals surface area (Å²) in [6, 6.07) is 6.87. The van der Waals surface area contributed by atoms with Crippen molar-refractivity contribution in [2.24, 2.45) is 0 Å². The molecule has 0 radical (unpaired) electrons. The van der Waals surface area contributed by atoms with Crippen molar-refractivity contribution in [3.63, 3.8) is 0 Å². The number of ether oxygens (including phenoxy) is 1. The zero-order chi connectivity index (χ0) is 16.3. The van der Waals surface area contributed by atoms with Crippen LogP contribution in [0.25, 0.3) is 0 Å². The molecule has 0 aliphatic rings. The van der Waals surface area contributed by atoms with Gasteiger partial charge in [0, 0.05) is 18.6 Å². The lowest BCUT2D eigenvalue weighted by Crippen LogP contribution is -2.31. The molecule has 0 aliphatic heterocycles. The number of nitrogens with zero attached hydrogens (tertiary/aromatic N) is 2. The van der Waals surface area contributed by atoms with Gasteiger partial charge in [0.05, 0.1) is 0 Å². The Morgan fingerprint density at radius 3 is 2.45 bits per heavy atom. The number of halogens is 1. The Labute approximate surface area is 134 Å². The standard InChI is InChI=1S/C14H17ClN2O4S/c1-10-14(11(2)21-16-10)22(18,19)17(3)8-9-20-13-6-4-12(15)5-7-13/h4-7H,8-9H2,1-3H3. The summed E-state index contributed by atoms with van der Waals surface area (Å²) in [6.07, 6.45) is 0. The number of aromatic nitrogens is 1. The topological polar surface area (TPSA) is 72.6 Å². The highest BCUT2D eigenvalue weighted by molar-refractivity contribution is 7.89. The Bertz CT molecular complexity index is 721. The summed E-state index contributed by atoms with van der Waals surface area (Å²) in [6.45, 7) is 3.60. The molecule has 0 spiro atoms. The molecule has 2 rings (SSSR count). The van der Waals surface area contributed by atoms with Crippen LogP contribution in [-0.4, -0.2) is 38.1 Å². The van der Waals surface area contributed by atoms with Gasteiger partial charge in [-0.1, -0.05) is 16.8 Å². The number of sulfonamides is 1. The van der Waals surface area contributed by atoms with Gasteiger partial charge >= 0.3 is 0 Å². The predicted molar refractivity (Wildman–Crippen MR) is 82.7 cm³/mol. The number of hydrogen-bond donors (Lipinski definition) is 0. The van der Waals surface area contributed by atoms with Gasteiger partial charge in [-0.3, -0.25) is 0 Å². The van der Waals surface area contributed by atoms with Crippen molar-refractivity contribution >= 4 is 21.6 Å². The van der Waals surface area contributed by atoms with Crippen molar-refractivity contribution in [2.75, 3.05) is 20.2 Å². The molecule has 1 aromatic heterocycles. The summed E-state index contributed by atoms with van der Waals surface area (Å²) in [4.78, 5) is 0.112. The Morgan fingerprint density at radius 1 is 1.27 bits per heavy atom. The highest BCUT2D eigenvalue weighted by atomic mass is 35.5. The van der Waals surface area contributed by atoms with E-state index in [4.69, 9.17) is 20.9 Å². The molecule has 0 saturated carbocycles. The highest BCUT2D eigenvalue weighted by Gasteiger charge is 2.28. The maximum atomic E-state index is 12.5. The van der Waals surface area contributed by atoms with Gasteiger partial charge in [0.25, 0.3) is 0 Å². The second-order valence-corrected chi connectivity index (χ2v) is 7.20. The molecule has 0 unspecified atom stereocenters. The smallest absolute Gasteiger partial charge is 0.248 e. The van der Waals surface area contributed by atoms with Crippen molar-refractivity contribution in [3.05, 3.63) is 40.7 Å². The van der Waals surface area contributed by atoms with Crippen molar-refractivity contribution in [3.8, 4) is 5.75 Å². The Kier molecular flexibility index (Phi) is 5.10. The molecule has 1 aromatic carbocycles. The van der Waals surface area contributed by atoms with Crippen LogP contribution in [-0.2, 0) is 10.0 Å². The van der Waals surface area contributed by atoms with Crippen LogP contribution in [0, 0.1) is 13.8 Å². The van der Waals surface area contributed by atoms with Gasteiger partial charge in [0.2, 0.25) is 10.0 Å². The third-order valence-corrected chi connectivity index (χ3v) is 5.48. The molecule has 0 bridgehead atoms. The molecule has 0 aliphatic carbocycles. The van der Waals surface area contributed by atoms with Crippen LogP contribution in [0.1, 0.15) is 11.5 Å². The summed E-state index contributed by atoms with van der Waals surface area (Å²) in [5, 5.41) is 4.29. The van der Waals surface area contributed by atoms with Crippen molar-refractivity contribution in [1.29, 1.82) is 0 Å². The number of hydrogen-bond acceptors (Lipinski definition) is 5. The SMILES string of the molecule is Cc1noc(C)c1S(=O)(=O)N(C)CCOc1ccc(Cl)cc1. The van der Waals surface area contributed by atoms with Gasteiger partial charge in [-0.05, 0) is 38.1 Å². The Morgan fingerprint density at radius 2 is 1.91 bits per heavy atom. The minimum atomic E-state index is -3.64. The normalized spacial score (nSPS) is 11.9. The van der Waals surface area contributed by atoms with E-state index in [0.29, 0.717) is 16.5 Å². The van der Waals surface area contributed by atoms with Gasteiger partial charge in [-0.25, -0.2) is 8.42 Å². The molecule has 8 heteroatoms. The van der Waals surface area contributed by atoms with Crippen LogP contribution in [0.4, 0.5) is 0 Å². The van der Waals surface area contributed by atoms with Crippen molar-refractivity contribution in [1.82, 2.24) is 9.46 Å². The lowest BCUT2D eigenvalue weighted by atomic mass is 10.3. The second kappa shape index (κ2) is 6.68. The first-order valence-electron chi connectivity index (χ1n) is 6.60. The second-order valence-electron chi connectivity index (χ2n) is 4.78. The molecule has 1 heterocycles. The lowest BCUT2D eigenvalue weighted by molar-refractivity contribution is 0.286. The maximum absolute atomic E-state index is 12.5. The zero-order valence-corrected chi connectivity index (χ0v) is 14.1. The van der Waals surface area contributed by atoms with E-state index in [2.05, 4.69) is 5.16 Å². The molecule has 2 aromatic rings. The average Bonchev–Trinajstić information content (AvgIpc) is 2.80. The monoisotopic (exact) mass is 344 g/mol. The summed E-state index contributed by atoms with van der Waals surface area (Å²) in [7, 11) is -2.15. The van der Waals surface area contributed by atoms with Gasteiger partial charge in [0.1, 0.15) is 22.9 Å². The van der Waals surface area contributed by atoms with Gasteiger partial charge in [-0.15, -0.1) is 0 Å². The Hall–Kier alpha value is -1.57. The predicted octanol–water partition coefficient (Wildman–Crippen LogP) is 2.64. The fourth-order valence-corrected chi connectivity index (χ4v) is 3.51. The molecular formula is C14H17ClN2O4S. The van der Waals surface area contributed by atoms with Crippen LogP contribution < -0.4 is 4.74 Å². The first kappa shape index (κ1) is 16.8. The molecule has 0 fully saturated rings. The quantitative estimate of drug-likeness (QED) is 0.805. The first-order valence-corrected chi connectivity index (χ1v) is 8.41. The molecule has 0 N–H and O–H groups in total. The van der Waals surface area contributed by atoms with Crippen LogP contribution in [0.5, 0.6) is 5.75 Å². The number of likely N-dealkylation sites (N-methyl/N-ethyl adjacent to an activating group) is 1. The summed E-state index contributed by atoms with van der Waals surface area (Å²) in [5.41, 5.74) is 0.350. The molecule has 22 heavy (non-hydrogen) atoms. The molecule has 0 saturated heterocycles. The number of benzene rings is 1. The van der Waals surface area contributed by atoms with Crippen LogP contribution in [0.15, 0.2) is 33.7 Å². The molecule has 6 nitrogen and oxygen atoms in total. The molecule has 0 atom stereocenters. The van der Waals surface area contributed by atoms with Gasteiger partial charge < -0.3 is 9.26 Å². The van der Waals surface area contributed by atoms with E-state index in [0.717, 1.165) is 0 Å². The highest BCUT2D eigenvalue weighted by Crippen LogP contribution is 2.22. The molecule has 120 valence electrons. The third-order valence-electron chi connectivity index (χ3n) is 3.12. The molecule has 0 amide bonds. The average molecular weight is 345 g/mol. The van der Waals surface area contributed by atoms with E-state index in [-0.39, 0.29) is 23.8 Å². The summed E-state index contributed by atoms with van der Waals surface area (Å²) >= 11 is 5.78. The minimum absolute atomic E-state index is 0.112. The van der Waals surface area contributed by atoms with E-state index < -0.39 is 10.0 Å². The van der Waals surface area contributed by atoms with E-state index in [1.165, 1.54) is 11.4 Å². The lowest BCUT2D eigenvalue weighted by Gasteiger charge is -2.17. The van der Waals surface area contributed by atoms with Gasteiger partial charge in [0.15, 0.2) is 5.76 Å². The largest absolute Gasteiger partial charge is 0.492 e. The Balaban J connectivity index is 2.00. The first-order chi connectivity index (χ1) is 10.3. The van der Waals surface area contributed by atoms with E-state index in [1.807, 2.05) is 0 Å². The fourth-order valence-electron chi connectivity index (χ4n) is 1.94. The van der Waals surface area contributed by atoms with Crippen LogP contribution in [0.2, 0.25) is 5.02 Å². The van der Waals surface area contributed by atoms with Crippen molar-refractivity contribution < 1.29 is 17.7 Å². The van der Waals surface area contributed by atoms with Gasteiger partial charge in [-0.2, -0.15) is 4.31 Å². The number of rotatable bonds is 6. The van der Waals surface area contributed by atoms with Crippen molar-refractivity contribution in [2.45, 2.75) is 18.7 Å². The third kappa shape index (κ3) is 3.60. The van der Waals surface area contributed by atoms with Crippen LogP contribution in [0.3, 0.4) is 0 Å². The summed E-state index contributed by atoms with van der Waals surface area (Å²) in [5.74, 6) is 0.913. The summed E-state index contributed by atoms with van der Waals surface area (Å²) < 4.78 is 36.6. The minimum Gasteiger partial charge on any atom is -0.492 e.